The summed E-state index contributed by atoms with van der Waals surface area (Å²) in [7, 11) is 0. The zero-order valence-electron chi connectivity index (χ0n) is 13.2. The third-order valence-electron chi connectivity index (χ3n) is 3.85. The van der Waals surface area contributed by atoms with Gasteiger partial charge >= 0.3 is 0 Å². The van der Waals surface area contributed by atoms with Crippen LogP contribution in [-0.4, -0.2) is 17.4 Å². The van der Waals surface area contributed by atoms with Crippen LogP contribution < -0.4 is 10.7 Å². The van der Waals surface area contributed by atoms with Crippen molar-refractivity contribution in [3.05, 3.63) is 46.2 Å². The summed E-state index contributed by atoms with van der Waals surface area (Å²) in [4.78, 5) is 27.4. The average Bonchev–Trinajstić information content (AvgIpc) is 2.54. The summed E-state index contributed by atoms with van der Waals surface area (Å²) in [5.41, 5.74) is 0.722. The van der Waals surface area contributed by atoms with Gasteiger partial charge in [-0.2, -0.15) is 0 Å². The number of aromatic nitrogens is 1. The molecule has 1 aromatic carbocycles. The molecule has 0 saturated heterocycles. The van der Waals surface area contributed by atoms with Crippen LogP contribution in [0.2, 0.25) is 0 Å². The van der Waals surface area contributed by atoms with Crippen molar-refractivity contribution >= 4 is 16.8 Å². The molecule has 0 fully saturated rings. The van der Waals surface area contributed by atoms with Crippen LogP contribution in [0.1, 0.15) is 55.8 Å². The Labute approximate surface area is 130 Å². The molecule has 2 N–H and O–H groups in total. The highest BCUT2D eigenvalue weighted by Gasteiger charge is 2.11. The van der Waals surface area contributed by atoms with Crippen LogP contribution >= 0.6 is 0 Å². The number of aromatic amines is 1. The minimum absolute atomic E-state index is 0.185. The van der Waals surface area contributed by atoms with Gasteiger partial charge in [-0.3, -0.25) is 9.59 Å². The van der Waals surface area contributed by atoms with Crippen molar-refractivity contribution in [2.75, 3.05) is 6.54 Å². The van der Waals surface area contributed by atoms with Gasteiger partial charge in [0.05, 0.1) is 0 Å². The Balaban J connectivity index is 1.88. The van der Waals surface area contributed by atoms with Crippen LogP contribution in [0.25, 0.3) is 10.9 Å². The Morgan fingerprint density at radius 2 is 1.82 bits per heavy atom. The summed E-state index contributed by atoms with van der Waals surface area (Å²) in [6.45, 7) is 2.82. The highest BCUT2D eigenvalue weighted by molar-refractivity contribution is 5.97. The van der Waals surface area contributed by atoms with Gasteiger partial charge in [0.25, 0.3) is 5.91 Å². The Morgan fingerprint density at radius 3 is 2.64 bits per heavy atom. The van der Waals surface area contributed by atoms with Crippen molar-refractivity contribution in [3.63, 3.8) is 0 Å². The second kappa shape index (κ2) is 8.37. The fourth-order valence-corrected chi connectivity index (χ4v) is 2.54. The number of carbonyl (C=O) groups is 1. The molecule has 0 aliphatic carbocycles. The third kappa shape index (κ3) is 4.20. The number of amides is 1. The van der Waals surface area contributed by atoms with Gasteiger partial charge in [0.1, 0.15) is 5.56 Å². The van der Waals surface area contributed by atoms with Gasteiger partial charge in [-0.25, -0.2) is 0 Å². The number of H-pyrrole nitrogens is 1. The molecule has 0 spiro atoms. The summed E-state index contributed by atoms with van der Waals surface area (Å²) in [6, 6.07) is 7.22. The number of hydrogen-bond acceptors (Lipinski definition) is 2. The van der Waals surface area contributed by atoms with Crippen molar-refractivity contribution in [3.8, 4) is 0 Å². The van der Waals surface area contributed by atoms with Crippen LogP contribution in [0.15, 0.2) is 35.3 Å². The first kappa shape index (κ1) is 16.3. The molecule has 4 nitrogen and oxygen atoms in total. The topological polar surface area (TPSA) is 62.0 Å². The van der Waals surface area contributed by atoms with Gasteiger partial charge in [-0.15, -0.1) is 0 Å². The fraction of sp³-hybridized carbons (Fsp3) is 0.444. The molecule has 0 saturated carbocycles. The molecule has 1 aromatic heterocycles. The predicted molar refractivity (Wildman–Crippen MR) is 90.3 cm³/mol. The van der Waals surface area contributed by atoms with E-state index in [1.807, 2.05) is 12.1 Å². The zero-order valence-corrected chi connectivity index (χ0v) is 13.2. The van der Waals surface area contributed by atoms with Crippen LogP contribution in [0.3, 0.4) is 0 Å². The molecule has 22 heavy (non-hydrogen) atoms. The lowest BCUT2D eigenvalue weighted by atomic mass is 10.1. The number of pyridine rings is 1. The van der Waals surface area contributed by atoms with E-state index in [1.54, 1.807) is 12.1 Å². The van der Waals surface area contributed by atoms with Crippen molar-refractivity contribution in [1.82, 2.24) is 10.3 Å². The molecular formula is C18H24N2O2. The number of fused-ring (bicyclic) bond motifs is 1. The first-order valence-corrected chi connectivity index (χ1v) is 8.12. The third-order valence-corrected chi connectivity index (χ3v) is 3.85. The minimum atomic E-state index is -0.291. The largest absolute Gasteiger partial charge is 0.360 e. The van der Waals surface area contributed by atoms with Crippen LogP contribution in [0.4, 0.5) is 0 Å². The molecule has 0 radical (unpaired) electrons. The molecule has 4 heteroatoms. The van der Waals surface area contributed by atoms with E-state index in [9.17, 15) is 9.59 Å². The van der Waals surface area contributed by atoms with E-state index in [4.69, 9.17) is 0 Å². The number of benzene rings is 1. The average molecular weight is 300 g/mol. The smallest absolute Gasteiger partial charge is 0.256 e. The monoisotopic (exact) mass is 300 g/mol. The number of rotatable bonds is 8. The van der Waals surface area contributed by atoms with Gasteiger partial charge in [0, 0.05) is 23.6 Å². The summed E-state index contributed by atoms with van der Waals surface area (Å²) in [5, 5.41) is 3.39. The maximum Gasteiger partial charge on any atom is 0.256 e. The summed E-state index contributed by atoms with van der Waals surface area (Å²) < 4.78 is 0. The normalized spacial score (nSPS) is 10.8. The standard InChI is InChI=1S/C18H24N2O2/c1-2-3-4-5-6-9-12-19-18(22)15-13-20-16-11-8-7-10-14(16)17(15)21/h7-8,10-11,13H,2-6,9,12H2,1H3,(H,19,22)(H,20,21). The first-order valence-electron chi connectivity index (χ1n) is 8.12. The number of hydrogen-bond donors (Lipinski definition) is 2. The lowest BCUT2D eigenvalue weighted by Gasteiger charge is -2.06. The van der Waals surface area contributed by atoms with Gasteiger partial charge < -0.3 is 10.3 Å². The molecule has 0 aliphatic heterocycles. The maximum absolute atomic E-state index is 12.3. The SMILES string of the molecule is CCCCCCCCNC(=O)c1c[nH]c2ccccc2c1=O. The highest BCUT2D eigenvalue weighted by atomic mass is 16.2. The molecule has 0 bridgehead atoms. The molecular weight excluding hydrogens is 276 g/mol. The van der Waals surface area contributed by atoms with Crippen molar-refractivity contribution < 1.29 is 4.79 Å². The minimum Gasteiger partial charge on any atom is -0.360 e. The van der Waals surface area contributed by atoms with Crippen LogP contribution in [-0.2, 0) is 0 Å². The molecule has 2 aromatic rings. The van der Waals surface area contributed by atoms with E-state index in [2.05, 4.69) is 17.2 Å². The van der Waals surface area contributed by atoms with E-state index in [1.165, 1.54) is 31.9 Å². The number of para-hydroxylation sites is 1. The van der Waals surface area contributed by atoms with Crippen molar-refractivity contribution in [2.45, 2.75) is 45.4 Å². The molecule has 1 amide bonds. The van der Waals surface area contributed by atoms with Gasteiger partial charge in [0.15, 0.2) is 0 Å². The van der Waals surface area contributed by atoms with E-state index in [-0.39, 0.29) is 16.9 Å². The van der Waals surface area contributed by atoms with Crippen molar-refractivity contribution in [2.24, 2.45) is 0 Å². The number of unbranched alkanes of at least 4 members (excludes halogenated alkanes) is 5. The predicted octanol–water partition coefficient (Wildman–Crippen LogP) is 3.62. The van der Waals surface area contributed by atoms with E-state index in [0.717, 1.165) is 18.4 Å². The second-order valence-electron chi connectivity index (χ2n) is 5.60. The van der Waals surface area contributed by atoms with Gasteiger partial charge in [0.2, 0.25) is 5.43 Å². The summed E-state index contributed by atoms with van der Waals surface area (Å²) in [6.07, 6.45) is 8.56. The Morgan fingerprint density at radius 1 is 1.09 bits per heavy atom. The van der Waals surface area contributed by atoms with Crippen LogP contribution in [0, 0.1) is 0 Å². The number of carbonyl (C=O) groups excluding carboxylic acids is 1. The first-order chi connectivity index (χ1) is 10.7. The van der Waals surface area contributed by atoms with Gasteiger partial charge in [-0.1, -0.05) is 51.2 Å². The number of nitrogens with one attached hydrogen (secondary N) is 2. The quantitative estimate of drug-likeness (QED) is 0.731. The van der Waals surface area contributed by atoms with Crippen molar-refractivity contribution in [1.29, 1.82) is 0 Å². The molecule has 2 rings (SSSR count). The molecule has 118 valence electrons. The van der Waals surface area contributed by atoms with Gasteiger partial charge in [-0.05, 0) is 18.6 Å². The zero-order chi connectivity index (χ0) is 15.8. The lowest BCUT2D eigenvalue weighted by molar-refractivity contribution is 0.0951. The fourth-order valence-electron chi connectivity index (χ4n) is 2.54. The lowest BCUT2D eigenvalue weighted by Crippen LogP contribution is -2.29. The molecule has 0 unspecified atom stereocenters. The molecule has 0 atom stereocenters. The Kier molecular flexibility index (Phi) is 6.19. The van der Waals surface area contributed by atoms with E-state index < -0.39 is 0 Å². The molecule has 0 aliphatic rings. The Bertz CT molecular complexity index is 676. The summed E-state index contributed by atoms with van der Waals surface area (Å²) in [5.74, 6) is -0.291. The highest BCUT2D eigenvalue weighted by Crippen LogP contribution is 2.07. The van der Waals surface area contributed by atoms with Crippen LogP contribution in [0.5, 0.6) is 0 Å². The maximum atomic E-state index is 12.3. The van der Waals surface area contributed by atoms with E-state index >= 15 is 0 Å². The second-order valence-corrected chi connectivity index (χ2v) is 5.60. The van der Waals surface area contributed by atoms with E-state index in [0.29, 0.717) is 11.9 Å². The Hall–Kier alpha value is -2.10. The summed E-state index contributed by atoms with van der Waals surface area (Å²) >= 11 is 0. The molecule has 1 heterocycles.